The maximum atomic E-state index is 11.7. The van der Waals surface area contributed by atoms with E-state index in [1.54, 1.807) is 6.07 Å². The Kier molecular flexibility index (Phi) is 2.84. The minimum absolute atomic E-state index is 0.107. The molecule has 1 amide bonds. The molecule has 1 heterocycles. The van der Waals surface area contributed by atoms with E-state index < -0.39 is 0 Å². The van der Waals surface area contributed by atoms with Crippen LogP contribution < -0.4 is 5.32 Å². The lowest BCUT2D eigenvalue weighted by Crippen LogP contribution is -2.37. The number of hydrogen-bond donors (Lipinski definition) is 2. The number of halogens is 1. The van der Waals surface area contributed by atoms with Gasteiger partial charge in [0.15, 0.2) is 4.67 Å². The van der Waals surface area contributed by atoms with Crippen molar-refractivity contribution in [2.24, 2.45) is 0 Å². The zero-order chi connectivity index (χ0) is 10.9. The molecule has 0 spiro atoms. The fourth-order valence-electron chi connectivity index (χ4n) is 1.54. The quantitative estimate of drug-likeness (QED) is 0.878. The van der Waals surface area contributed by atoms with Crippen LogP contribution in [0.2, 0.25) is 0 Å². The van der Waals surface area contributed by atoms with Gasteiger partial charge in [0, 0.05) is 18.2 Å². The van der Waals surface area contributed by atoms with Crippen LogP contribution in [-0.2, 0) is 0 Å². The van der Waals surface area contributed by atoms with Gasteiger partial charge in [-0.2, -0.15) is 0 Å². The van der Waals surface area contributed by atoms with E-state index in [4.69, 9.17) is 9.52 Å². The first kappa shape index (κ1) is 10.7. The molecule has 4 nitrogen and oxygen atoms in total. The number of carbonyl (C=O) groups excluding carboxylic acids is 1. The van der Waals surface area contributed by atoms with Gasteiger partial charge in [-0.25, -0.2) is 0 Å². The Labute approximate surface area is 95.8 Å². The largest absolute Gasteiger partial charge is 0.457 e. The third-order valence-electron chi connectivity index (χ3n) is 2.65. The van der Waals surface area contributed by atoms with Crippen molar-refractivity contribution in [3.05, 3.63) is 22.6 Å². The third kappa shape index (κ3) is 2.41. The van der Waals surface area contributed by atoms with Crippen molar-refractivity contribution in [3.63, 3.8) is 0 Å². The number of carbonyl (C=O) groups is 1. The molecular weight excluding hydrogens is 262 g/mol. The first-order chi connectivity index (χ1) is 7.15. The zero-order valence-corrected chi connectivity index (χ0v) is 9.71. The van der Waals surface area contributed by atoms with E-state index in [1.165, 1.54) is 6.26 Å². The molecule has 1 saturated carbocycles. The second-order valence-corrected chi connectivity index (χ2v) is 4.63. The Morgan fingerprint density at radius 3 is 2.87 bits per heavy atom. The summed E-state index contributed by atoms with van der Waals surface area (Å²) in [5.41, 5.74) is 0.335. The molecule has 0 aliphatic heterocycles. The van der Waals surface area contributed by atoms with Crippen LogP contribution >= 0.6 is 15.9 Å². The molecule has 15 heavy (non-hydrogen) atoms. The maximum Gasteiger partial charge on any atom is 0.255 e. The monoisotopic (exact) mass is 273 g/mol. The predicted octanol–water partition coefficient (Wildman–Crippen LogP) is 1.69. The summed E-state index contributed by atoms with van der Waals surface area (Å²) in [4.78, 5) is 11.7. The van der Waals surface area contributed by atoms with Gasteiger partial charge in [-0.1, -0.05) is 0 Å². The molecule has 0 aromatic carbocycles. The van der Waals surface area contributed by atoms with Crippen molar-refractivity contribution >= 4 is 21.8 Å². The van der Waals surface area contributed by atoms with E-state index in [-0.39, 0.29) is 18.1 Å². The molecule has 5 heteroatoms. The molecule has 1 aromatic heterocycles. The molecule has 1 fully saturated rings. The van der Waals surface area contributed by atoms with Crippen LogP contribution in [0.3, 0.4) is 0 Å². The van der Waals surface area contributed by atoms with Crippen molar-refractivity contribution in [2.75, 3.05) is 6.61 Å². The van der Waals surface area contributed by atoms with Crippen molar-refractivity contribution in [1.29, 1.82) is 0 Å². The molecule has 1 aliphatic carbocycles. The molecule has 1 aromatic rings. The number of amides is 1. The number of nitrogens with one attached hydrogen (secondary N) is 1. The summed E-state index contributed by atoms with van der Waals surface area (Å²) in [5, 5.41) is 11.8. The van der Waals surface area contributed by atoms with Crippen LogP contribution in [0.15, 0.2) is 21.4 Å². The Balaban J connectivity index is 1.98. The molecule has 0 saturated heterocycles. The van der Waals surface area contributed by atoms with Crippen molar-refractivity contribution in [1.82, 2.24) is 5.32 Å². The highest BCUT2D eigenvalue weighted by Gasteiger charge is 2.43. The van der Waals surface area contributed by atoms with Crippen LogP contribution in [-0.4, -0.2) is 23.2 Å². The van der Waals surface area contributed by atoms with Gasteiger partial charge in [0.1, 0.15) is 6.26 Å². The Hall–Kier alpha value is -0.810. The van der Waals surface area contributed by atoms with Gasteiger partial charge in [0.2, 0.25) is 0 Å². The molecule has 1 aliphatic rings. The van der Waals surface area contributed by atoms with Crippen molar-refractivity contribution in [2.45, 2.75) is 24.8 Å². The highest BCUT2D eigenvalue weighted by molar-refractivity contribution is 9.10. The van der Waals surface area contributed by atoms with Gasteiger partial charge < -0.3 is 14.8 Å². The van der Waals surface area contributed by atoms with Gasteiger partial charge in [-0.05, 0) is 35.2 Å². The number of aliphatic hydroxyl groups excluding tert-OH is 1. The first-order valence-electron chi connectivity index (χ1n) is 4.83. The normalized spacial score (nSPS) is 17.5. The lowest BCUT2D eigenvalue weighted by Gasteiger charge is -2.14. The van der Waals surface area contributed by atoms with Crippen LogP contribution in [0.25, 0.3) is 0 Å². The highest BCUT2D eigenvalue weighted by atomic mass is 79.9. The Morgan fingerprint density at radius 2 is 2.40 bits per heavy atom. The Bertz CT molecular complexity index is 370. The smallest absolute Gasteiger partial charge is 0.255 e. The SMILES string of the molecule is O=C(NC1(CCO)CC1)c1coc(Br)c1. The van der Waals surface area contributed by atoms with E-state index in [9.17, 15) is 4.79 Å². The zero-order valence-electron chi connectivity index (χ0n) is 8.12. The molecule has 2 rings (SSSR count). The number of rotatable bonds is 4. The number of furan rings is 1. The fourth-order valence-corrected chi connectivity index (χ4v) is 1.88. The van der Waals surface area contributed by atoms with E-state index in [0.29, 0.717) is 16.7 Å². The minimum atomic E-state index is -0.171. The lowest BCUT2D eigenvalue weighted by atomic mass is 10.1. The topological polar surface area (TPSA) is 62.5 Å². The summed E-state index contributed by atoms with van der Waals surface area (Å²) < 4.78 is 5.53. The van der Waals surface area contributed by atoms with Crippen LogP contribution in [0.4, 0.5) is 0 Å². The predicted molar refractivity (Wildman–Crippen MR) is 57.5 cm³/mol. The van der Waals surface area contributed by atoms with Crippen LogP contribution in [0.1, 0.15) is 29.6 Å². The van der Waals surface area contributed by atoms with E-state index >= 15 is 0 Å². The van der Waals surface area contributed by atoms with Crippen LogP contribution in [0, 0.1) is 0 Å². The summed E-state index contributed by atoms with van der Waals surface area (Å²) in [6, 6.07) is 1.63. The molecule has 82 valence electrons. The summed E-state index contributed by atoms with van der Waals surface area (Å²) in [6.07, 6.45) is 3.92. The molecule has 0 bridgehead atoms. The summed E-state index contributed by atoms with van der Waals surface area (Å²) in [5.74, 6) is -0.143. The second kappa shape index (κ2) is 3.98. The van der Waals surface area contributed by atoms with E-state index in [2.05, 4.69) is 21.2 Å². The molecular formula is C10H12BrNO3. The van der Waals surface area contributed by atoms with Gasteiger partial charge in [0.05, 0.1) is 5.56 Å². The van der Waals surface area contributed by atoms with Gasteiger partial charge in [-0.15, -0.1) is 0 Å². The first-order valence-corrected chi connectivity index (χ1v) is 5.62. The molecule has 0 unspecified atom stereocenters. The van der Waals surface area contributed by atoms with Crippen molar-refractivity contribution in [3.8, 4) is 0 Å². The molecule has 0 atom stereocenters. The average molecular weight is 274 g/mol. The Morgan fingerprint density at radius 1 is 1.67 bits per heavy atom. The van der Waals surface area contributed by atoms with E-state index in [1.807, 2.05) is 0 Å². The third-order valence-corrected chi connectivity index (χ3v) is 3.07. The highest BCUT2D eigenvalue weighted by Crippen LogP contribution is 2.38. The standard InChI is InChI=1S/C10H12BrNO3/c11-8-5-7(6-15-8)9(14)12-10(1-2-10)3-4-13/h5-6,13H,1-4H2,(H,12,14). The molecule has 2 N–H and O–H groups in total. The summed E-state index contributed by atoms with van der Waals surface area (Å²) >= 11 is 3.14. The van der Waals surface area contributed by atoms with E-state index in [0.717, 1.165) is 12.8 Å². The minimum Gasteiger partial charge on any atom is -0.457 e. The van der Waals surface area contributed by atoms with Gasteiger partial charge in [0.25, 0.3) is 5.91 Å². The van der Waals surface area contributed by atoms with Crippen molar-refractivity contribution < 1.29 is 14.3 Å². The van der Waals surface area contributed by atoms with Gasteiger partial charge in [-0.3, -0.25) is 4.79 Å². The van der Waals surface area contributed by atoms with Gasteiger partial charge >= 0.3 is 0 Å². The van der Waals surface area contributed by atoms with Crippen LogP contribution in [0.5, 0.6) is 0 Å². The number of hydrogen-bond acceptors (Lipinski definition) is 3. The average Bonchev–Trinajstić information content (AvgIpc) is 2.77. The fraction of sp³-hybridized carbons (Fsp3) is 0.500. The maximum absolute atomic E-state index is 11.7. The second-order valence-electron chi connectivity index (χ2n) is 3.85. The lowest BCUT2D eigenvalue weighted by molar-refractivity contribution is 0.0923. The summed E-state index contributed by atoms with van der Waals surface area (Å²) in [7, 11) is 0. The number of aliphatic hydroxyl groups is 1. The summed E-state index contributed by atoms with van der Waals surface area (Å²) in [6.45, 7) is 0.107. The molecule has 0 radical (unpaired) electrons.